The van der Waals surface area contributed by atoms with Gasteiger partial charge in [0.2, 0.25) is 10.0 Å². The summed E-state index contributed by atoms with van der Waals surface area (Å²) in [5.41, 5.74) is 1.41. The molecule has 2 fully saturated rings. The maximum atomic E-state index is 12.5. The zero-order valence-corrected chi connectivity index (χ0v) is 12.8. The van der Waals surface area contributed by atoms with E-state index in [2.05, 4.69) is 4.98 Å². The summed E-state index contributed by atoms with van der Waals surface area (Å²) >= 11 is 0. The Morgan fingerprint density at radius 1 is 1.33 bits per heavy atom. The van der Waals surface area contributed by atoms with Crippen molar-refractivity contribution in [2.75, 3.05) is 12.3 Å². The molecule has 0 spiro atoms. The lowest BCUT2D eigenvalue weighted by Gasteiger charge is -2.43. The van der Waals surface area contributed by atoms with Crippen molar-refractivity contribution in [1.82, 2.24) is 14.2 Å². The second kappa shape index (κ2) is 5.29. The predicted octanol–water partition coefficient (Wildman–Crippen LogP) is 1.51. The van der Waals surface area contributed by atoms with Gasteiger partial charge in [0.05, 0.1) is 18.0 Å². The Labute approximate surface area is 124 Å². The molecule has 0 saturated carbocycles. The molecular formula is C14H19N3O3S. The lowest BCUT2D eigenvalue weighted by atomic mass is 10.0. The van der Waals surface area contributed by atoms with E-state index in [1.807, 2.05) is 19.1 Å². The third kappa shape index (κ3) is 2.74. The molecule has 0 radical (unpaired) electrons. The fourth-order valence-corrected chi connectivity index (χ4v) is 4.71. The third-order valence-electron chi connectivity index (χ3n) is 4.08. The minimum atomic E-state index is -3.55. The molecule has 2 aliphatic rings. The molecule has 3 rings (SSSR count). The van der Waals surface area contributed by atoms with Crippen molar-refractivity contribution in [1.29, 1.82) is 0 Å². The molecule has 2 aliphatic heterocycles. The molecule has 6 nitrogen and oxygen atoms in total. The summed E-state index contributed by atoms with van der Waals surface area (Å²) in [6.45, 7) is 2.51. The number of hydrogen-bond acceptors (Lipinski definition) is 4. The van der Waals surface area contributed by atoms with E-state index in [9.17, 15) is 13.2 Å². The highest BCUT2D eigenvalue weighted by Gasteiger charge is 2.43. The van der Waals surface area contributed by atoms with Crippen LogP contribution < -0.4 is 0 Å². The molecule has 0 bridgehead atoms. The van der Waals surface area contributed by atoms with Crippen LogP contribution in [0, 0.1) is 6.92 Å². The van der Waals surface area contributed by atoms with Gasteiger partial charge < -0.3 is 4.90 Å². The molecule has 1 aromatic heterocycles. The molecule has 0 N–H and O–H groups in total. The van der Waals surface area contributed by atoms with Crippen molar-refractivity contribution >= 4 is 16.1 Å². The molecular weight excluding hydrogens is 290 g/mol. The van der Waals surface area contributed by atoms with E-state index in [1.54, 1.807) is 11.0 Å². The Morgan fingerprint density at radius 3 is 2.90 bits per heavy atom. The first-order valence-corrected chi connectivity index (χ1v) is 8.82. The maximum absolute atomic E-state index is 12.5. The lowest BCUT2D eigenvalue weighted by Crippen LogP contribution is -2.60. The van der Waals surface area contributed by atoms with Crippen LogP contribution in [0.25, 0.3) is 0 Å². The van der Waals surface area contributed by atoms with Crippen LogP contribution >= 0.6 is 0 Å². The van der Waals surface area contributed by atoms with Gasteiger partial charge in [0, 0.05) is 18.3 Å². The monoisotopic (exact) mass is 309 g/mol. The molecule has 2 saturated heterocycles. The van der Waals surface area contributed by atoms with E-state index < -0.39 is 16.1 Å². The van der Waals surface area contributed by atoms with Crippen LogP contribution in [0.2, 0.25) is 0 Å². The summed E-state index contributed by atoms with van der Waals surface area (Å²) in [6, 6.07) is 4.87. The Hall–Kier alpha value is -1.63. The SMILES string of the molecule is Cc1cccc(CN2C(=O)N3CCCCC3CS2(=O)=O)n1. The number of urea groups is 1. The topological polar surface area (TPSA) is 70.6 Å². The normalized spacial score (nSPS) is 24.8. The van der Waals surface area contributed by atoms with Crippen molar-refractivity contribution in [2.45, 2.75) is 38.8 Å². The van der Waals surface area contributed by atoms with E-state index in [0.29, 0.717) is 12.2 Å². The Balaban J connectivity index is 1.87. The minimum absolute atomic E-state index is 0.0199. The number of rotatable bonds is 2. The van der Waals surface area contributed by atoms with E-state index >= 15 is 0 Å². The summed E-state index contributed by atoms with van der Waals surface area (Å²) in [5, 5.41) is 0. The van der Waals surface area contributed by atoms with Crippen molar-refractivity contribution in [3.05, 3.63) is 29.6 Å². The number of carbonyl (C=O) groups is 1. The van der Waals surface area contributed by atoms with Crippen molar-refractivity contribution in [2.24, 2.45) is 0 Å². The smallest absolute Gasteiger partial charge is 0.320 e. The number of amides is 2. The van der Waals surface area contributed by atoms with Crippen LogP contribution in [0.5, 0.6) is 0 Å². The summed E-state index contributed by atoms with van der Waals surface area (Å²) < 4.78 is 25.8. The molecule has 1 unspecified atom stereocenters. The Kier molecular flexibility index (Phi) is 3.61. The van der Waals surface area contributed by atoms with Crippen LogP contribution in [0.4, 0.5) is 4.79 Å². The van der Waals surface area contributed by atoms with Crippen molar-refractivity contribution in [3.8, 4) is 0 Å². The van der Waals surface area contributed by atoms with Crippen LogP contribution in [0.3, 0.4) is 0 Å². The lowest BCUT2D eigenvalue weighted by molar-refractivity contribution is 0.130. The highest BCUT2D eigenvalue weighted by molar-refractivity contribution is 7.89. The standard InChI is InChI=1S/C14H19N3O3S/c1-11-5-4-6-12(15-11)9-17-14(18)16-8-3-2-7-13(16)10-21(17,19)20/h4-6,13H,2-3,7-10H2,1H3. The first-order valence-electron chi connectivity index (χ1n) is 7.21. The quantitative estimate of drug-likeness (QED) is 0.830. The molecule has 1 atom stereocenters. The van der Waals surface area contributed by atoms with Gasteiger partial charge in [-0.3, -0.25) is 4.98 Å². The summed E-state index contributed by atoms with van der Waals surface area (Å²) in [5.74, 6) is 0.0323. The number of fused-ring (bicyclic) bond motifs is 1. The highest BCUT2D eigenvalue weighted by Crippen LogP contribution is 2.27. The van der Waals surface area contributed by atoms with Gasteiger partial charge in [-0.1, -0.05) is 6.07 Å². The Bertz CT molecular complexity index is 659. The summed E-state index contributed by atoms with van der Waals surface area (Å²) in [4.78, 5) is 18.5. The number of nitrogens with zero attached hydrogens (tertiary/aromatic N) is 3. The number of aromatic nitrogens is 1. The van der Waals surface area contributed by atoms with Gasteiger partial charge in [0.1, 0.15) is 0 Å². The zero-order chi connectivity index (χ0) is 15.0. The summed E-state index contributed by atoms with van der Waals surface area (Å²) in [7, 11) is -3.55. The highest BCUT2D eigenvalue weighted by atomic mass is 32.2. The molecule has 114 valence electrons. The number of piperidine rings is 1. The van der Waals surface area contributed by atoms with Gasteiger partial charge in [-0.25, -0.2) is 17.5 Å². The maximum Gasteiger partial charge on any atom is 0.334 e. The van der Waals surface area contributed by atoms with Crippen LogP contribution in [-0.2, 0) is 16.6 Å². The number of pyridine rings is 1. The molecule has 0 aliphatic carbocycles. The van der Waals surface area contributed by atoms with Crippen LogP contribution in [0.15, 0.2) is 18.2 Å². The molecule has 7 heteroatoms. The number of carbonyl (C=O) groups excluding carboxylic acids is 1. The number of sulfonamides is 1. The second-order valence-electron chi connectivity index (χ2n) is 5.68. The summed E-state index contributed by atoms with van der Waals surface area (Å²) in [6.07, 6.45) is 2.71. The van der Waals surface area contributed by atoms with Gasteiger partial charge in [-0.15, -0.1) is 0 Å². The van der Waals surface area contributed by atoms with E-state index in [4.69, 9.17) is 0 Å². The fraction of sp³-hybridized carbons (Fsp3) is 0.571. The van der Waals surface area contributed by atoms with E-state index in [-0.39, 0.29) is 18.3 Å². The van der Waals surface area contributed by atoms with Gasteiger partial charge in [0.15, 0.2) is 0 Å². The van der Waals surface area contributed by atoms with Crippen LogP contribution in [0.1, 0.15) is 30.7 Å². The van der Waals surface area contributed by atoms with Gasteiger partial charge >= 0.3 is 6.03 Å². The van der Waals surface area contributed by atoms with Crippen molar-refractivity contribution in [3.63, 3.8) is 0 Å². The average molecular weight is 309 g/mol. The van der Waals surface area contributed by atoms with E-state index in [0.717, 1.165) is 29.3 Å². The molecule has 1 aromatic rings. The molecule has 0 aromatic carbocycles. The Morgan fingerprint density at radius 2 is 2.14 bits per heavy atom. The average Bonchev–Trinajstić information content (AvgIpc) is 2.43. The minimum Gasteiger partial charge on any atom is -0.320 e. The van der Waals surface area contributed by atoms with Gasteiger partial charge in [-0.05, 0) is 38.3 Å². The van der Waals surface area contributed by atoms with E-state index in [1.165, 1.54) is 0 Å². The molecule has 2 amide bonds. The first kappa shape index (κ1) is 14.3. The zero-order valence-electron chi connectivity index (χ0n) is 12.0. The second-order valence-corrected chi connectivity index (χ2v) is 7.62. The van der Waals surface area contributed by atoms with Gasteiger partial charge in [-0.2, -0.15) is 0 Å². The predicted molar refractivity (Wildman–Crippen MR) is 78.0 cm³/mol. The molecule has 21 heavy (non-hydrogen) atoms. The number of hydrogen-bond donors (Lipinski definition) is 0. The fourth-order valence-electron chi connectivity index (χ4n) is 3.02. The third-order valence-corrected chi connectivity index (χ3v) is 5.84. The van der Waals surface area contributed by atoms with Gasteiger partial charge in [0.25, 0.3) is 0 Å². The van der Waals surface area contributed by atoms with Crippen molar-refractivity contribution < 1.29 is 13.2 Å². The molecule has 3 heterocycles. The first-order chi connectivity index (χ1) is 9.97. The van der Waals surface area contributed by atoms with Crippen LogP contribution in [-0.4, -0.2) is 47.0 Å². The number of aryl methyl sites for hydroxylation is 1. The largest absolute Gasteiger partial charge is 0.334 e.